The molecule has 0 N–H and O–H groups in total. The summed E-state index contributed by atoms with van der Waals surface area (Å²) < 4.78 is 55.1. The van der Waals surface area contributed by atoms with Crippen LogP contribution in [0.3, 0.4) is 0 Å². The molecule has 0 fully saturated rings. The Morgan fingerprint density at radius 3 is 1.70 bits per heavy atom. The topological polar surface area (TPSA) is 0 Å². The number of halogens is 4. The Bertz CT molecular complexity index is 271. The van der Waals surface area contributed by atoms with Gasteiger partial charge in [0.15, 0.2) is 23.3 Å². The Hall–Kier alpha value is -1.06. The van der Waals surface area contributed by atoms with E-state index in [0.29, 0.717) is 0 Å². The van der Waals surface area contributed by atoms with Gasteiger partial charge in [-0.25, -0.2) is 17.6 Å². The van der Waals surface area contributed by atoms with Crippen molar-refractivity contribution in [3.8, 4) is 0 Å². The van der Waals surface area contributed by atoms with Crippen LogP contribution in [-0.2, 0) is 0 Å². The Kier molecular flexibility index (Phi) is 1.30. The summed E-state index contributed by atoms with van der Waals surface area (Å²) in [6.45, 7) is 0. The minimum Gasteiger partial charge on any atom is -0.204 e. The van der Waals surface area contributed by atoms with Crippen molar-refractivity contribution < 1.29 is 18.9 Å². The van der Waals surface area contributed by atoms with Gasteiger partial charge >= 0.3 is 0 Å². The van der Waals surface area contributed by atoms with Crippen LogP contribution in [0.2, 0.25) is 0 Å². The Morgan fingerprint density at radius 2 is 1.30 bits per heavy atom. The first-order chi connectivity index (χ1) is 5.04. The van der Waals surface area contributed by atoms with Crippen molar-refractivity contribution in [2.24, 2.45) is 0 Å². The van der Waals surface area contributed by atoms with E-state index in [4.69, 9.17) is 1.37 Å². The van der Waals surface area contributed by atoms with Crippen molar-refractivity contribution >= 4 is 0 Å². The first-order valence-corrected chi connectivity index (χ1v) is 2.33. The summed E-state index contributed by atoms with van der Waals surface area (Å²) in [7, 11) is 0. The first kappa shape index (κ1) is 5.70. The van der Waals surface area contributed by atoms with Crippen molar-refractivity contribution in [1.82, 2.24) is 0 Å². The van der Waals surface area contributed by atoms with Crippen molar-refractivity contribution in [3.63, 3.8) is 0 Å². The second-order valence-corrected chi connectivity index (χ2v) is 1.59. The maximum absolute atomic E-state index is 12.2. The molecule has 1 aromatic rings. The number of benzene rings is 1. The van der Waals surface area contributed by atoms with E-state index in [1.807, 2.05) is 0 Å². The molecule has 0 radical (unpaired) electrons. The minimum atomic E-state index is -1.68. The zero-order valence-corrected chi connectivity index (χ0v) is 4.59. The summed E-state index contributed by atoms with van der Waals surface area (Å²) in [5.74, 6) is -6.48. The van der Waals surface area contributed by atoms with Crippen LogP contribution in [0.4, 0.5) is 17.6 Å². The van der Waals surface area contributed by atoms with Gasteiger partial charge in [0.2, 0.25) is 0 Å². The summed E-state index contributed by atoms with van der Waals surface area (Å²) in [5, 5.41) is 0. The Morgan fingerprint density at radius 1 is 0.900 bits per heavy atom. The highest BCUT2D eigenvalue weighted by Gasteiger charge is 2.07. The van der Waals surface area contributed by atoms with Gasteiger partial charge in [0.1, 0.15) is 0 Å². The van der Waals surface area contributed by atoms with E-state index in [2.05, 4.69) is 0 Å². The lowest BCUT2D eigenvalue weighted by Crippen LogP contribution is -1.90. The second-order valence-electron chi connectivity index (χ2n) is 1.59. The monoisotopic (exact) mass is 151 g/mol. The van der Waals surface area contributed by atoms with E-state index < -0.39 is 29.3 Å². The van der Waals surface area contributed by atoms with Crippen LogP contribution in [0.5, 0.6) is 0 Å². The van der Waals surface area contributed by atoms with Gasteiger partial charge in [0.25, 0.3) is 0 Å². The fraction of sp³-hybridized carbons (Fsp3) is 0. The van der Waals surface area contributed by atoms with Gasteiger partial charge in [-0.1, -0.05) is 0 Å². The van der Waals surface area contributed by atoms with Crippen LogP contribution < -0.4 is 0 Å². The van der Waals surface area contributed by atoms with Gasteiger partial charge in [0, 0.05) is 12.1 Å². The van der Waals surface area contributed by atoms with Crippen LogP contribution >= 0.6 is 0 Å². The number of rotatable bonds is 0. The van der Waals surface area contributed by atoms with Crippen molar-refractivity contribution in [2.45, 2.75) is 0 Å². The van der Waals surface area contributed by atoms with E-state index in [1.165, 1.54) is 0 Å². The van der Waals surface area contributed by atoms with Crippen LogP contribution in [0, 0.1) is 23.3 Å². The minimum absolute atomic E-state index is 0.0582. The van der Waals surface area contributed by atoms with Crippen LogP contribution in [0.25, 0.3) is 0 Å². The lowest BCUT2D eigenvalue weighted by molar-refractivity contribution is 0.454. The third-order valence-corrected chi connectivity index (χ3v) is 0.892. The van der Waals surface area contributed by atoms with Crippen molar-refractivity contribution in [2.75, 3.05) is 0 Å². The highest BCUT2D eigenvalue weighted by Crippen LogP contribution is 2.11. The fourth-order valence-electron chi connectivity index (χ4n) is 0.454. The fourth-order valence-corrected chi connectivity index (χ4v) is 0.454. The highest BCUT2D eigenvalue weighted by molar-refractivity contribution is 5.10. The zero-order valence-electron chi connectivity index (χ0n) is 5.59. The van der Waals surface area contributed by atoms with E-state index >= 15 is 0 Å². The van der Waals surface area contributed by atoms with Crippen molar-refractivity contribution in [1.29, 1.82) is 0 Å². The summed E-state index contributed by atoms with van der Waals surface area (Å²) >= 11 is 0. The van der Waals surface area contributed by atoms with E-state index in [0.717, 1.165) is 0 Å². The van der Waals surface area contributed by atoms with Gasteiger partial charge in [0.05, 0.1) is 1.37 Å². The number of hydrogen-bond donors (Lipinski definition) is 0. The predicted octanol–water partition coefficient (Wildman–Crippen LogP) is 2.24. The van der Waals surface area contributed by atoms with Gasteiger partial charge < -0.3 is 0 Å². The molecule has 0 saturated carbocycles. The third kappa shape index (κ3) is 1.10. The standard InChI is InChI=1S/C6H2F4/c7-3-1-4(8)6(10)2-5(3)9/h1-2H/i1D. The quantitative estimate of drug-likeness (QED) is 0.394. The molecule has 0 saturated heterocycles. The molecule has 0 unspecified atom stereocenters. The van der Waals surface area contributed by atoms with E-state index in [9.17, 15) is 17.6 Å². The average molecular weight is 151 g/mol. The van der Waals surface area contributed by atoms with Crippen LogP contribution in [0.15, 0.2) is 12.1 Å². The first-order valence-electron chi connectivity index (χ1n) is 2.83. The molecular formula is C6H2F4. The number of hydrogen-bond acceptors (Lipinski definition) is 0. The lowest BCUT2D eigenvalue weighted by atomic mass is 10.3. The molecule has 0 aliphatic heterocycles. The maximum Gasteiger partial charge on any atom is 0.161 e. The maximum atomic E-state index is 12.2. The second kappa shape index (κ2) is 2.28. The molecule has 1 aromatic carbocycles. The third-order valence-electron chi connectivity index (χ3n) is 0.892. The molecule has 10 heavy (non-hydrogen) atoms. The summed E-state index contributed by atoms with van der Waals surface area (Å²) in [4.78, 5) is 0. The molecule has 54 valence electrons. The molecule has 4 heteroatoms. The van der Waals surface area contributed by atoms with E-state index in [1.54, 1.807) is 0 Å². The van der Waals surface area contributed by atoms with Gasteiger partial charge in [-0.05, 0) is 0 Å². The van der Waals surface area contributed by atoms with Crippen molar-refractivity contribution in [3.05, 3.63) is 35.4 Å². The average Bonchev–Trinajstić information content (AvgIpc) is 1.97. The molecule has 0 spiro atoms. The van der Waals surface area contributed by atoms with Gasteiger partial charge in [-0.2, -0.15) is 0 Å². The van der Waals surface area contributed by atoms with Crippen LogP contribution in [0.1, 0.15) is 1.37 Å². The molecule has 0 atom stereocenters. The summed E-state index contributed by atoms with van der Waals surface area (Å²) in [5.41, 5.74) is 0. The molecule has 0 amide bonds. The summed E-state index contributed by atoms with van der Waals surface area (Å²) in [6, 6.07) is -1.33. The smallest absolute Gasteiger partial charge is 0.161 e. The van der Waals surface area contributed by atoms with Crippen LogP contribution in [-0.4, -0.2) is 0 Å². The molecular weight excluding hydrogens is 148 g/mol. The molecule has 0 aromatic heterocycles. The van der Waals surface area contributed by atoms with Gasteiger partial charge in [-0.15, -0.1) is 0 Å². The summed E-state index contributed by atoms with van der Waals surface area (Å²) in [6.07, 6.45) is 0. The predicted molar refractivity (Wildman–Crippen MR) is 26.3 cm³/mol. The molecule has 0 aliphatic rings. The normalized spacial score (nSPS) is 11.4. The van der Waals surface area contributed by atoms with Gasteiger partial charge in [-0.3, -0.25) is 0 Å². The Labute approximate surface area is 55.5 Å². The SMILES string of the molecule is [2H]c1c(F)c(F)cc(F)c1F. The molecule has 0 bridgehead atoms. The lowest BCUT2D eigenvalue weighted by Gasteiger charge is -1.92. The molecule has 0 aliphatic carbocycles. The largest absolute Gasteiger partial charge is 0.204 e. The molecule has 0 heterocycles. The highest BCUT2D eigenvalue weighted by atomic mass is 19.2. The zero-order chi connectivity index (χ0) is 8.59. The van der Waals surface area contributed by atoms with E-state index in [-0.39, 0.29) is 6.07 Å². The molecule has 0 nitrogen and oxygen atoms in total. The Balaban J connectivity index is 3.46. The molecule has 1 rings (SSSR count).